The van der Waals surface area contributed by atoms with Crippen molar-refractivity contribution in [2.45, 2.75) is 52.3 Å². The van der Waals surface area contributed by atoms with Crippen LogP contribution in [0.2, 0.25) is 0 Å². The van der Waals surface area contributed by atoms with Crippen LogP contribution in [0.25, 0.3) is 10.9 Å². The Kier molecular flexibility index (Phi) is 3.76. The molecule has 4 rings (SSSR count). The molecule has 6 nitrogen and oxygen atoms in total. The number of anilines is 1. The second-order valence-electron chi connectivity index (χ2n) is 8.10. The molecule has 1 aliphatic heterocycles. The number of nitrogens with zero attached hydrogens (tertiary/aromatic N) is 2. The minimum absolute atomic E-state index is 0.0152. The van der Waals surface area contributed by atoms with E-state index in [-0.39, 0.29) is 29.6 Å². The molecule has 1 saturated heterocycles. The summed E-state index contributed by atoms with van der Waals surface area (Å²) in [6.07, 6.45) is 3.16. The molecule has 0 spiro atoms. The molecule has 2 aromatic rings. The number of hydrogen-bond donors (Lipinski definition) is 2. The van der Waals surface area contributed by atoms with Crippen LogP contribution in [0.5, 0.6) is 0 Å². The summed E-state index contributed by atoms with van der Waals surface area (Å²) in [5.41, 5.74) is 1.79. The molecule has 2 aliphatic rings. The molecule has 3 atom stereocenters. The summed E-state index contributed by atoms with van der Waals surface area (Å²) in [6.45, 7) is 9.32. The van der Waals surface area contributed by atoms with Crippen LogP contribution < -0.4 is 10.6 Å². The first-order chi connectivity index (χ1) is 11.9. The predicted molar refractivity (Wildman–Crippen MR) is 97.7 cm³/mol. The largest absolute Gasteiger partial charge is 0.377 e. The lowest BCUT2D eigenvalue weighted by molar-refractivity contribution is -0.107. The number of rotatable bonds is 3. The zero-order valence-electron chi connectivity index (χ0n) is 15.2. The van der Waals surface area contributed by atoms with E-state index in [9.17, 15) is 4.79 Å². The molecule has 1 saturated carbocycles. The fourth-order valence-corrected chi connectivity index (χ4v) is 4.45. The number of fused-ring (bicyclic) bond motifs is 2. The van der Waals surface area contributed by atoms with Gasteiger partial charge in [0.15, 0.2) is 0 Å². The first kappa shape index (κ1) is 16.4. The number of ether oxygens (including phenoxy) is 1. The van der Waals surface area contributed by atoms with E-state index >= 15 is 0 Å². The summed E-state index contributed by atoms with van der Waals surface area (Å²) in [5, 5.41) is 11.6. The van der Waals surface area contributed by atoms with Crippen LogP contribution in [0.4, 0.5) is 10.5 Å². The topological polar surface area (TPSA) is 68.2 Å². The van der Waals surface area contributed by atoms with E-state index in [1.54, 1.807) is 0 Å². The Labute approximate surface area is 147 Å². The van der Waals surface area contributed by atoms with E-state index < -0.39 is 0 Å². The number of carbonyl (C=O) groups excluding carboxylic acids is 1. The maximum atomic E-state index is 12.5. The highest BCUT2D eigenvalue weighted by atomic mass is 16.5. The molecule has 2 heterocycles. The van der Waals surface area contributed by atoms with Gasteiger partial charge in [0.1, 0.15) is 0 Å². The van der Waals surface area contributed by atoms with Gasteiger partial charge in [-0.15, -0.1) is 0 Å². The number of nitrogens with one attached hydrogen (secondary N) is 2. The number of carbonyl (C=O) groups is 1. The summed E-state index contributed by atoms with van der Waals surface area (Å²) in [4.78, 5) is 12.5. The van der Waals surface area contributed by atoms with Crippen LogP contribution >= 0.6 is 0 Å². The van der Waals surface area contributed by atoms with Crippen LogP contribution in [-0.2, 0) is 4.74 Å². The van der Waals surface area contributed by atoms with Crippen molar-refractivity contribution in [1.29, 1.82) is 0 Å². The van der Waals surface area contributed by atoms with Crippen molar-refractivity contribution in [2.75, 3.05) is 11.9 Å². The molecule has 0 radical (unpaired) electrons. The highest BCUT2D eigenvalue weighted by Gasteiger charge is 2.59. The minimum atomic E-state index is -0.154. The lowest BCUT2D eigenvalue weighted by atomic mass is 9.57. The Morgan fingerprint density at radius 3 is 2.96 bits per heavy atom. The van der Waals surface area contributed by atoms with Gasteiger partial charge in [-0.3, -0.25) is 4.68 Å². The minimum Gasteiger partial charge on any atom is -0.377 e. The average Bonchev–Trinajstić information content (AvgIpc) is 3.18. The molecular formula is C19H26N4O2. The summed E-state index contributed by atoms with van der Waals surface area (Å²) in [7, 11) is 0. The molecule has 0 bridgehead atoms. The van der Waals surface area contributed by atoms with Gasteiger partial charge in [0.2, 0.25) is 0 Å². The summed E-state index contributed by atoms with van der Waals surface area (Å²) in [5.74, 6) is 0.436. The number of benzene rings is 1. The van der Waals surface area contributed by atoms with Crippen LogP contribution in [-0.4, -0.2) is 34.6 Å². The highest BCUT2D eigenvalue weighted by Crippen LogP contribution is 2.52. The Balaban J connectivity index is 1.48. The van der Waals surface area contributed by atoms with E-state index in [4.69, 9.17) is 4.74 Å². The third-order valence-electron chi connectivity index (χ3n) is 5.73. The van der Waals surface area contributed by atoms with Gasteiger partial charge < -0.3 is 15.4 Å². The smallest absolute Gasteiger partial charge is 0.319 e. The van der Waals surface area contributed by atoms with E-state index in [1.165, 1.54) is 0 Å². The molecule has 2 N–H and O–H groups in total. The van der Waals surface area contributed by atoms with Gasteiger partial charge in [-0.1, -0.05) is 13.8 Å². The van der Waals surface area contributed by atoms with Crippen LogP contribution in [0.15, 0.2) is 24.4 Å². The summed E-state index contributed by atoms with van der Waals surface area (Å²) in [6, 6.07) is 6.17. The third-order valence-corrected chi connectivity index (χ3v) is 5.73. The first-order valence-electron chi connectivity index (χ1n) is 9.04. The Bertz CT molecular complexity index is 811. The Morgan fingerprint density at radius 2 is 2.20 bits per heavy atom. The second-order valence-corrected chi connectivity index (χ2v) is 8.10. The first-order valence-corrected chi connectivity index (χ1v) is 9.04. The molecule has 0 unspecified atom stereocenters. The SMILES string of the molecule is CC(C)n1ncc2ccc(NC(=O)N[C@@H]3[C@H]4CCO[C@H]4C3(C)C)cc21. The zero-order chi connectivity index (χ0) is 17.8. The van der Waals surface area contributed by atoms with Crippen molar-refractivity contribution >= 4 is 22.6 Å². The van der Waals surface area contributed by atoms with Crippen LogP contribution in [0, 0.1) is 11.3 Å². The Morgan fingerprint density at radius 1 is 1.40 bits per heavy atom. The van der Waals surface area contributed by atoms with Gasteiger partial charge >= 0.3 is 6.03 Å². The molecule has 134 valence electrons. The van der Waals surface area contributed by atoms with Crippen molar-refractivity contribution in [3.05, 3.63) is 24.4 Å². The highest BCUT2D eigenvalue weighted by molar-refractivity contribution is 5.92. The lowest BCUT2D eigenvalue weighted by Gasteiger charge is -2.54. The molecule has 2 fully saturated rings. The van der Waals surface area contributed by atoms with Gasteiger partial charge in [-0.2, -0.15) is 5.10 Å². The number of amides is 2. The average molecular weight is 342 g/mol. The van der Waals surface area contributed by atoms with Crippen molar-refractivity contribution in [2.24, 2.45) is 11.3 Å². The zero-order valence-corrected chi connectivity index (χ0v) is 15.2. The second kappa shape index (κ2) is 5.73. The van der Waals surface area contributed by atoms with Crippen molar-refractivity contribution < 1.29 is 9.53 Å². The van der Waals surface area contributed by atoms with E-state index in [1.807, 2.05) is 29.1 Å². The predicted octanol–water partition coefficient (Wildman–Crippen LogP) is 3.55. The third kappa shape index (κ3) is 2.59. The van der Waals surface area contributed by atoms with Crippen molar-refractivity contribution in [1.82, 2.24) is 15.1 Å². The number of urea groups is 1. The van der Waals surface area contributed by atoms with Gasteiger partial charge in [0.05, 0.1) is 17.8 Å². The monoisotopic (exact) mass is 342 g/mol. The van der Waals surface area contributed by atoms with Gasteiger partial charge in [-0.25, -0.2) is 4.79 Å². The molecule has 1 aromatic heterocycles. The van der Waals surface area contributed by atoms with Gasteiger partial charge in [0, 0.05) is 41.1 Å². The summed E-state index contributed by atoms with van der Waals surface area (Å²) >= 11 is 0. The quantitative estimate of drug-likeness (QED) is 0.896. The molecule has 25 heavy (non-hydrogen) atoms. The summed E-state index contributed by atoms with van der Waals surface area (Å²) < 4.78 is 7.76. The maximum Gasteiger partial charge on any atom is 0.319 e. The Hall–Kier alpha value is -2.08. The molecule has 2 amide bonds. The molecule has 1 aromatic carbocycles. The number of hydrogen-bond acceptors (Lipinski definition) is 3. The van der Waals surface area contributed by atoms with Gasteiger partial charge in [-0.05, 0) is 38.5 Å². The standard InChI is InChI=1S/C19H26N4O2/c1-11(2)23-15-9-13(6-5-12(15)10-20-23)21-18(24)22-16-14-7-8-25-17(14)19(16,3)4/h5-6,9-11,14,16-17H,7-8H2,1-4H3,(H2,21,22,24)/t14-,16-,17-/m1/s1. The maximum absolute atomic E-state index is 12.5. The fraction of sp³-hybridized carbons (Fsp3) is 0.579. The van der Waals surface area contributed by atoms with Gasteiger partial charge in [0.25, 0.3) is 0 Å². The fourth-order valence-electron chi connectivity index (χ4n) is 4.45. The molecule has 6 heteroatoms. The molecule has 1 aliphatic carbocycles. The van der Waals surface area contributed by atoms with Crippen LogP contribution in [0.1, 0.15) is 40.2 Å². The lowest BCUT2D eigenvalue weighted by Crippen LogP contribution is -2.67. The molecular weight excluding hydrogens is 316 g/mol. The van der Waals surface area contributed by atoms with E-state index in [2.05, 4.69) is 43.4 Å². The van der Waals surface area contributed by atoms with Crippen LogP contribution in [0.3, 0.4) is 0 Å². The number of aromatic nitrogens is 2. The van der Waals surface area contributed by atoms with E-state index in [0.717, 1.165) is 29.6 Å². The normalized spacial score (nSPS) is 27.2. The van der Waals surface area contributed by atoms with Crippen molar-refractivity contribution in [3.8, 4) is 0 Å². The van der Waals surface area contributed by atoms with E-state index in [0.29, 0.717) is 5.92 Å². The van der Waals surface area contributed by atoms with Crippen molar-refractivity contribution in [3.63, 3.8) is 0 Å².